The highest BCUT2D eigenvalue weighted by molar-refractivity contribution is 7.89. The van der Waals surface area contributed by atoms with Crippen molar-refractivity contribution in [3.05, 3.63) is 60.2 Å². The number of amides is 1. The standard InChI is InChI=1S/C21H26N2O3S/c1-17-12-14-20(15-13-17)27(25,26)23(19-10-6-3-7-11-19)16-21(24)22-18-8-4-2-5-9-18/h2,4-5,8-9,12-15,19H,3,6-7,10-11,16H2,1H3,(H,22,24). The number of hydrogen-bond acceptors (Lipinski definition) is 3. The Balaban J connectivity index is 1.84. The van der Waals surface area contributed by atoms with Gasteiger partial charge in [0.1, 0.15) is 0 Å². The van der Waals surface area contributed by atoms with Gasteiger partial charge in [-0.3, -0.25) is 4.79 Å². The summed E-state index contributed by atoms with van der Waals surface area (Å²) in [5, 5.41) is 2.80. The molecule has 3 rings (SSSR count). The number of sulfonamides is 1. The summed E-state index contributed by atoms with van der Waals surface area (Å²) in [4.78, 5) is 12.8. The zero-order valence-corrected chi connectivity index (χ0v) is 16.4. The monoisotopic (exact) mass is 386 g/mol. The maximum Gasteiger partial charge on any atom is 0.243 e. The second kappa shape index (κ2) is 8.67. The molecule has 0 bridgehead atoms. The van der Waals surface area contributed by atoms with Crippen LogP contribution in [0.15, 0.2) is 59.5 Å². The van der Waals surface area contributed by atoms with Gasteiger partial charge >= 0.3 is 0 Å². The van der Waals surface area contributed by atoms with Crippen LogP contribution in [0.5, 0.6) is 0 Å². The molecule has 0 aromatic heterocycles. The van der Waals surface area contributed by atoms with E-state index in [4.69, 9.17) is 0 Å². The summed E-state index contributed by atoms with van der Waals surface area (Å²) < 4.78 is 28.0. The number of carbonyl (C=O) groups is 1. The molecule has 1 aliphatic rings. The lowest BCUT2D eigenvalue weighted by Gasteiger charge is -2.33. The molecule has 144 valence electrons. The van der Waals surface area contributed by atoms with Gasteiger partial charge in [0.05, 0.1) is 11.4 Å². The van der Waals surface area contributed by atoms with Crippen molar-refractivity contribution in [2.45, 2.75) is 50.0 Å². The number of para-hydroxylation sites is 1. The molecule has 0 aliphatic heterocycles. The smallest absolute Gasteiger partial charge is 0.243 e. The van der Waals surface area contributed by atoms with Gasteiger partial charge in [-0.25, -0.2) is 8.42 Å². The molecule has 0 atom stereocenters. The topological polar surface area (TPSA) is 66.5 Å². The van der Waals surface area contributed by atoms with E-state index in [0.717, 1.165) is 37.7 Å². The summed E-state index contributed by atoms with van der Waals surface area (Å²) in [6.45, 7) is 1.75. The Morgan fingerprint density at radius 2 is 1.63 bits per heavy atom. The van der Waals surface area contributed by atoms with Gasteiger partial charge in [0.15, 0.2) is 0 Å². The zero-order valence-electron chi connectivity index (χ0n) is 15.6. The van der Waals surface area contributed by atoms with Crippen molar-refractivity contribution in [1.82, 2.24) is 4.31 Å². The number of benzene rings is 2. The maximum absolute atomic E-state index is 13.3. The van der Waals surface area contributed by atoms with E-state index in [-0.39, 0.29) is 23.4 Å². The van der Waals surface area contributed by atoms with Crippen LogP contribution in [0.1, 0.15) is 37.7 Å². The number of anilines is 1. The van der Waals surface area contributed by atoms with Gasteiger partial charge in [0.25, 0.3) is 0 Å². The first-order valence-corrected chi connectivity index (χ1v) is 10.8. The number of carbonyl (C=O) groups excluding carboxylic acids is 1. The van der Waals surface area contributed by atoms with Gasteiger partial charge in [0, 0.05) is 11.7 Å². The normalized spacial score (nSPS) is 15.6. The lowest BCUT2D eigenvalue weighted by Crippen LogP contribution is -2.45. The Bertz CT molecular complexity index is 858. The van der Waals surface area contributed by atoms with E-state index in [9.17, 15) is 13.2 Å². The lowest BCUT2D eigenvalue weighted by atomic mass is 9.95. The predicted molar refractivity (Wildman–Crippen MR) is 107 cm³/mol. The number of nitrogens with zero attached hydrogens (tertiary/aromatic N) is 1. The Morgan fingerprint density at radius 3 is 2.26 bits per heavy atom. The van der Waals surface area contributed by atoms with E-state index in [0.29, 0.717) is 5.69 Å². The van der Waals surface area contributed by atoms with E-state index in [1.807, 2.05) is 25.1 Å². The summed E-state index contributed by atoms with van der Waals surface area (Å²) in [7, 11) is -3.73. The molecule has 0 unspecified atom stereocenters. The molecule has 2 aromatic rings. The molecular weight excluding hydrogens is 360 g/mol. The summed E-state index contributed by atoms with van der Waals surface area (Å²) in [5.74, 6) is -0.317. The molecular formula is C21H26N2O3S. The van der Waals surface area contributed by atoms with Crippen molar-refractivity contribution >= 4 is 21.6 Å². The van der Waals surface area contributed by atoms with Crippen LogP contribution in [0, 0.1) is 6.92 Å². The van der Waals surface area contributed by atoms with E-state index in [1.54, 1.807) is 36.4 Å². The minimum absolute atomic E-state index is 0.133. The van der Waals surface area contributed by atoms with Crippen molar-refractivity contribution in [2.75, 3.05) is 11.9 Å². The highest BCUT2D eigenvalue weighted by Crippen LogP contribution is 2.28. The molecule has 0 saturated heterocycles. The highest BCUT2D eigenvalue weighted by atomic mass is 32.2. The number of nitrogens with one attached hydrogen (secondary N) is 1. The van der Waals surface area contributed by atoms with Crippen LogP contribution in [-0.2, 0) is 14.8 Å². The number of rotatable bonds is 6. The van der Waals surface area contributed by atoms with Gasteiger partial charge in [-0.15, -0.1) is 0 Å². The van der Waals surface area contributed by atoms with Crippen molar-refractivity contribution in [3.63, 3.8) is 0 Å². The molecule has 5 nitrogen and oxygen atoms in total. The van der Waals surface area contributed by atoms with Crippen LogP contribution in [0.3, 0.4) is 0 Å². The molecule has 1 amide bonds. The van der Waals surface area contributed by atoms with Gasteiger partial charge < -0.3 is 5.32 Å². The minimum Gasteiger partial charge on any atom is -0.325 e. The molecule has 2 aromatic carbocycles. The third kappa shape index (κ3) is 4.96. The summed E-state index contributed by atoms with van der Waals surface area (Å²) in [5.41, 5.74) is 1.67. The molecule has 1 N–H and O–H groups in total. The van der Waals surface area contributed by atoms with E-state index in [1.165, 1.54) is 4.31 Å². The van der Waals surface area contributed by atoms with Gasteiger partial charge in [-0.2, -0.15) is 4.31 Å². The van der Waals surface area contributed by atoms with Crippen LogP contribution in [-0.4, -0.2) is 31.2 Å². The molecule has 0 spiro atoms. The number of hydrogen-bond donors (Lipinski definition) is 1. The largest absolute Gasteiger partial charge is 0.325 e. The Kier molecular flexibility index (Phi) is 6.29. The molecule has 0 radical (unpaired) electrons. The fourth-order valence-electron chi connectivity index (χ4n) is 3.49. The molecule has 0 heterocycles. The first-order chi connectivity index (χ1) is 13.0. The minimum atomic E-state index is -3.73. The Morgan fingerprint density at radius 1 is 1.00 bits per heavy atom. The highest BCUT2D eigenvalue weighted by Gasteiger charge is 2.33. The molecule has 1 fully saturated rings. The summed E-state index contributed by atoms with van der Waals surface area (Å²) >= 11 is 0. The first-order valence-electron chi connectivity index (χ1n) is 9.40. The zero-order chi connectivity index (χ0) is 19.3. The van der Waals surface area contributed by atoms with E-state index >= 15 is 0 Å². The van der Waals surface area contributed by atoms with Crippen molar-refractivity contribution < 1.29 is 13.2 Å². The van der Waals surface area contributed by atoms with Crippen molar-refractivity contribution in [1.29, 1.82) is 0 Å². The fourth-order valence-corrected chi connectivity index (χ4v) is 5.13. The molecule has 1 aliphatic carbocycles. The van der Waals surface area contributed by atoms with Crippen LogP contribution < -0.4 is 5.32 Å². The Hall–Kier alpha value is -2.18. The fraction of sp³-hybridized carbons (Fsp3) is 0.381. The third-order valence-corrected chi connectivity index (χ3v) is 6.88. The molecule has 27 heavy (non-hydrogen) atoms. The van der Waals surface area contributed by atoms with Crippen molar-refractivity contribution in [2.24, 2.45) is 0 Å². The number of aryl methyl sites for hydroxylation is 1. The van der Waals surface area contributed by atoms with Crippen LogP contribution in [0.2, 0.25) is 0 Å². The van der Waals surface area contributed by atoms with E-state index < -0.39 is 10.0 Å². The maximum atomic E-state index is 13.3. The van der Waals surface area contributed by atoms with Crippen LogP contribution in [0.4, 0.5) is 5.69 Å². The van der Waals surface area contributed by atoms with Gasteiger partial charge in [-0.1, -0.05) is 55.2 Å². The lowest BCUT2D eigenvalue weighted by molar-refractivity contribution is -0.116. The van der Waals surface area contributed by atoms with E-state index in [2.05, 4.69) is 5.32 Å². The summed E-state index contributed by atoms with van der Waals surface area (Å²) in [6, 6.07) is 15.8. The second-order valence-electron chi connectivity index (χ2n) is 7.07. The average Bonchev–Trinajstić information content (AvgIpc) is 2.68. The Labute approximate surface area is 161 Å². The predicted octanol–water partition coefficient (Wildman–Crippen LogP) is 3.96. The first kappa shape index (κ1) is 19.6. The molecule has 6 heteroatoms. The van der Waals surface area contributed by atoms with Crippen LogP contribution >= 0.6 is 0 Å². The molecule has 1 saturated carbocycles. The van der Waals surface area contributed by atoms with Crippen molar-refractivity contribution in [3.8, 4) is 0 Å². The second-order valence-corrected chi connectivity index (χ2v) is 8.96. The average molecular weight is 387 g/mol. The van der Waals surface area contributed by atoms with Gasteiger partial charge in [-0.05, 0) is 44.0 Å². The third-order valence-electron chi connectivity index (χ3n) is 4.97. The summed E-state index contributed by atoms with van der Waals surface area (Å²) in [6.07, 6.45) is 4.69. The SMILES string of the molecule is Cc1ccc(S(=O)(=O)N(CC(=O)Nc2ccccc2)C2CCCCC2)cc1. The van der Waals surface area contributed by atoms with Gasteiger partial charge in [0.2, 0.25) is 15.9 Å². The quantitative estimate of drug-likeness (QED) is 0.817. The van der Waals surface area contributed by atoms with Crippen LogP contribution in [0.25, 0.3) is 0 Å².